The van der Waals surface area contributed by atoms with Crippen LogP contribution in [0.4, 0.5) is 0 Å². The van der Waals surface area contributed by atoms with Crippen molar-refractivity contribution in [2.24, 2.45) is 5.73 Å². The number of hydrogen-bond acceptors (Lipinski definition) is 4. The Labute approximate surface area is 105 Å². The number of nitrogens with two attached hydrogens (primary N) is 1. The molecule has 5 heteroatoms. The van der Waals surface area contributed by atoms with E-state index in [1.165, 1.54) is 0 Å². The van der Waals surface area contributed by atoms with Gasteiger partial charge in [0.05, 0.1) is 7.11 Å². The highest BCUT2D eigenvalue weighted by molar-refractivity contribution is 5.55. The van der Waals surface area contributed by atoms with Crippen LogP contribution in [0.3, 0.4) is 0 Å². The van der Waals surface area contributed by atoms with Gasteiger partial charge < -0.3 is 15.5 Å². The van der Waals surface area contributed by atoms with Crippen molar-refractivity contribution in [3.8, 4) is 17.1 Å². The number of aromatic amines is 1. The van der Waals surface area contributed by atoms with E-state index in [1.54, 1.807) is 13.3 Å². The van der Waals surface area contributed by atoms with E-state index in [1.807, 2.05) is 24.3 Å². The van der Waals surface area contributed by atoms with Crippen molar-refractivity contribution in [1.82, 2.24) is 9.97 Å². The van der Waals surface area contributed by atoms with E-state index in [4.69, 9.17) is 10.5 Å². The average Bonchev–Trinajstić information content (AvgIpc) is 2.41. The van der Waals surface area contributed by atoms with Gasteiger partial charge in [-0.05, 0) is 37.2 Å². The summed E-state index contributed by atoms with van der Waals surface area (Å²) >= 11 is 0. The molecule has 0 aliphatic heterocycles. The molecule has 1 aromatic heterocycles. The fraction of sp³-hybridized carbons (Fsp3) is 0.231. The summed E-state index contributed by atoms with van der Waals surface area (Å²) in [5.74, 6) is 1.31. The summed E-state index contributed by atoms with van der Waals surface area (Å²) in [5, 5.41) is 0. The molecule has 0 aliphatic carbocycles. The minimum absolute atomic E-state index is 0.138. The zero-order valence-electron chi connectivity index (χ0n) is 10.1. The molecular weight excluding hydrogens is 230 g/mol. The van der Waals surface area contributed by atoms with E-state index in [0.717, 1.165) is 11.3 Å². The zero-order chi connectivity index (χ0) is 13.0. The van der Waals surface area contributed by atoms with Gasteiger partial charge in [-0.3, -0.25) is 4.79 Å². The molecule has 0 radical (unpaired) electrons. The SMILES string of the molecule is COc1ccc(-c2ncc(CCN)c(=O)[nH]2)cc1. The molecule has 1 aromatic carbocycles. The molecule has 2 aromatic rings. The highest BCUT2D eigenvalue weighted by Crippen LogP contribution is 2.17. The Kier molecular flexibility index (Phi) is 3.74. The second-order valence-corrected chi connectivity index (χ2v) is 3.85. The molecule has 0 aliphatic rings. The van der Waals surface area contributed by atoms with Crippen molar-refractivity contribution >= 4 is 0 Å². The lowest BCUT2D eigenvalue weighted by Gasteiger charge is -2.04. The molecular formula is C13H15N3O2. The van der Waals surface area contributed by atoms with Gasteiger partial charge >= 0.3 is 0 Å². The summed E-state index contributed by atoms with van der Waals surface area (Å²) in [6.45, 7) is 0.437. The molecule has 5 nitrogen and oxygen atoms in total. The minimum Gasteiger partial charge on any atom is -0.497 e. The highest BCUT2D eigenvalue weighted by atomic mass is 16.5. The number of nitrogens with zero attached hydrogens (tertiary/aromatic N) is 1. The molecule has 94 valence electrons. The van der Waals surface area contributed by atoms with Gasteiger partial charge in [-0.15, -0.1) is 0 Å². The fourth-order valence-corrected chi connectivity index (χ4v) is 1.65. The summed E-state index contributed by atoms with van der Waals surface area (Å²) in [5.41, 5.74) is 6.72. The quantitative estimate of drug-likeness (QED) is 0.840. The number of rotatable bonds is 4. The van der Waals surface area contributed by atoms with Crippen LogP contribution in [0.2, 0.25) is 0 Å². The van der Waals surface area contributed by atoms with Gasteiger partial charge in [-0.1, -0.05) is 0 Å². The van der Waals surface area contributed by atoms with E-state index >= 15 is 0 Å². The summed E-state index contributed by atoms with van der Waals surface area (Å²) in [4.78, 5) is 18.7. The number of hydrogen-bond donors (Lipinski definition) is 2. The second-order valence-electron chi connectivity index (χ2n) is 3.85. The smallest absolute Gasteiger partial charge is 0.254 e. The normalized spacial score (nSPS) is 10.3. The van der Waals surface area contributed by atoms with Crippen LogP contribution in [-0.4, -0.2) is 23.6 Å². The van der Waals surface area contributed by atoms with Crippen molar-refractivity contribution in [1.29, 1.82) is 0 Å². The summed E-state index contributed by atoms with van der Waals surface area (Å²) in [6, 6.07) is 7.34. The third-order valence-electron chi connectivity index (χ3n) is 2.65. The molecule has 0 amide bonds. The number of nitrogens with one attached hydrogen (secondary N) is 1. The highest BCUT2D eigenvalue weighted by Gasteiger charge is 2.04. The zero-order valence-corrected chi connectivity index (χ0v) is 10.1. The van der Waals surface area contributed by atoms with Gasteiger partial charge in [0.2, 0.25) is 0 Å². The first-order chi connectivity index (χ1) is 8.74. The number of ether oxygens (including phenoxy) is 1. The molecule has 0 unspecified atom stereocenters. The largest absolute Gasteiger partial charge is 0.497 e. The number of benzene rings is 1. The Balaban J connectivity index is 2.33. The number of aromatic nitrogens is 2. The molecule has 0 fully saturated rings. The maximum Gasteiger partial charge on any atom is 0.254 e. The predicted molar refractivity (Wildman–Crippen MR) is 69.6 cm³/mol. The van der Waals surface area contributed by atoms with E-state index in [2.05, 4.69) is 9.97 Å². The van der Waals surface area contributed by atoms with Crippen LogP contribution < -0.4 is 16.0 Å². The average molecular weight is 245 g/mol. The van der Waals surface area contributed by atoms with Crippen molar-refractivity contribution in [3.05, 3.63) is 46.4 Å². The van der Waals surface area contributed by atoms with Crippen LogP contribution in [0.5, 0.6) is 5.75 Å². The fourth-order valence-electron chi connectivity index (χ4n) is 1.65. The molecule has 1 heterocycles. The lowest BCUT2D eigenvalue weighted by atomic mass is 10.2. The van der Waals surface area contributed by atoms with Crippen molar-refractivity contribution < 1.29 is 4.74 Å². The number of H-pyrrole nitrogens is 1. The van der Waals surface area contributed by atoms with E-state index in [-0.39, 0.29) is 5.56 Å². The molecule has 18 heavy (non-hydrogen) atoms. The van der Waals surface area contributed by atoms with Crippen LogP contribution in [0, 0.1) is 0 Å². The first-order valence-corrected chi connectivity index (χ1v) is 5.67. The molecule has 0 bridgehead atoms. The standard InChI is InChI=1S/C13H15N3O2/c1-18-11-4-2-9(3-5-11)12-15-8-10(6-7-14)13(17)16-12/h2-5,8H,6-7,14H2,1H3,(H,15,16,17). The third kappa shape index (κ3) is 2.57. The van der Waals surface area contributed by atoms with Gasteiger partial charge in [0.25, 0.3) is 5.56 Å². The lowest BCUT2D eigenvalue weighted by molar-refractivity contribution is 0.415. The molecule has 3 N–H and O–H groups in total. The molecule has 0 atom stereocenters. The maximum absolute atomic E-state index is 11.8. The van der Waals surface area contributed by atoms with E-state index < -0.39 is 0 Å². The molecule has 0 saturated carbocycles. The third-order valence-corrected chi connectivity index (χ3v) is 2.65. The minimum atomic E-state index is -0.138. The van der Waals surface area contributed by atoms with Gasteiger partial charge in [0.15, 0.2) is 0 Å². The Hall–Kier alpha value is -2.14. The first kappa shape index (κ1) is 12.3. The molecule has 2 rings (SSSR count). The topological polar surface area (TPSA) is 81.0 Å². The van der Waals surface area contributed by atoms with Crippen molar-refractivity contribution in [2.75, 3.05) is 13.7 Å². The van der Waals surface area contributed by atoms with Crippen LogP contribution in [0.15, 0.2) is 35.3 Å². The summed E-state index contributed by atoms with van der Waals surface area (Å²) in [7, 11) is 1.61. The monoisotopic (exact) mass is 245 g/mol. The van der Waals surface area contributed by atoms with E-state index in [9.17, 15) is 4.79 Å². The Morgan fingerprint density at radius 2 is 2.06 bits per heavy atom. The summed E-state index contributed by atoms with van der Waals surface area (Å²) in [6.07, 6.45) is 2.11. The van der Waals surface area contributed by atoms with Gasteiger partial charge in [0, 0.05) is 17.3 Å². The maximum atomic E-state index is 11.8. The lowest BCUT2D eigenvalue weighted by Crippen LogP contribution is -2.17. The number of methoxy groups -OCH3 is 1. The Morgan fingerprint density at radius 3 is 2.61 bits per heavy atom. The van der Waals surface area contributed by atoms with Gasteiger partial charge in [0.1, 0.15) is 11.6 Å². The van der Waals surface area contributed by atoms with Crippen molar-refractivity contribution in [3.63, 3.8) is 0 Å². The van der Waals surface area contributed by atoms with Crippen LogP contribution >= 0.6 is 0 Å². The van der Waals surface area contributed by atoms with Crippen LogP contribution in [0.25, 0.3) is 11.4 Å². The Bertz CT molecular complexity index is 576. The molecule has 0 spiro atoms. The van der Waals surface area contributed by atoms with Crippen LogP contribution in [-0.2, 0) is 6.42 Å². The summed E-state index contributed by atoms with van der Waals surface area (Å²) < 4.78 is 5.07. The predicted octanol–water partition coefficient (Wildman–Crippen LogP) is 0.947. The van der Waals surface area contributed by atoms with Gasteiger partial charge in [-0.25, -0.2) is 4.98 Å². The first-order valence-electron chi connectivity index (χ1n) is 5.67. The molecule has 0 saturated heterocycles. The Morgan fingerprint density at radius 1 is 1.33 bits per heavy atom. The second kappa shape index (κ2) is 5.46. The van der Waals surface area contributed by atoms with Crippen molar-refractivity contribution in [2.45, 2.75) is 6.42 Å². The van der Waals surface area contributed by atoms with Gasteiger partial charge in [-0.2, -0.15) is 0 Å². The van der Waals surface area contributed by atoms with Crippen LogP contribution in [0.1, 0.15) is 5.56 Å². The van der Waals surface area contributed by atoms with E-state index in [0.29, 0.717) is 24.4 Å².